The Morgan fingerprint density at radius 1 is 1.17 bits per heavy atom. The van der Waals surface area contributed by atoms with E-state index in [9.17, 15) is 9.59 Å². The number of aldehydes is 1. The summed E-state index contributed by atoms with van der Waals surface area (Å²) in [5.74, 6) is 0.204. The molecular formula is C9H18O3. The largest absolute Gasteiger partial charge is 0.462 e. The molecule has 0 spiro atoms. The summed E-state index contributed by atoms with van der Waals surface area (Å²) in [6, 6.07) is 0. The summed E-state index contributed by atoms with van der Waals surface area (Å²) >= 11 is 0. The number of ether oxygens (including phenoxy) is 1. The number of carbonyl (C=O) groups excluding carboxylic acids is 2. The molecule has 0 N–H and O–H groups in total. The van der Waals surface area contributed by atoms with E-state index in [1.165, 1.54) is 0 Å². The molecule has 0 aromatic carbocycles. The maximum absolute atomic E-state index is 9.60. The van der Waals surface area contributed by atoms with E-state index in [1.807, 2.05) is 34.6 Å². The van der Waals surface area contributed by atoms with Gasteiger partial charge in [0.2, 0.25) is 0 Å². The first kappa shape index (κ1) is 13.7. The van der Waals surface area contributed by atoms with Gasteiger partial charge >= 0.3 is 0 Å². The average Bonchev–Trinajstić information content (AvgIpc) is 1.86. The van der Waals surface area contributed by atoms with Crippen molar-refractivity contribution in [2.45, 2.75) is 40.2 Å². The summed E-state index contributed by atoms with van der Waals surface area (Å²) in [5.41, 5.74) is -0.318. The van der Waals surface area contributed by atoms with E-state index in [0.717, 1.165) is 6.29 Å². The van der Waals surface area contributed by atoms with E-state index in [4.69, 9.17) is 0 Å². The van der Waals surface area contributed by atoms with Crippen LogP contribution in [-0.2, 0) is 14.3 Å². The first-order chi connectivity index (χ1) is 5.33. The summed E-state index contributed by atoms with van der Waals surface area (Å²) in [5, 5.41) is 0. The van der Waals surface area contributed by atoms with Crippen LogP contribution in [0, 0.1) is 5.92 Å². The van der Waals surface area contributed by atoms with Crippen LogP contribution < -0.4 is 0 Å². The zero-order chi connectivity index (χ0) is 10.2. The molecule has 0 saturated carbocycles. The van der Waals surface area contributed by atoms with Crippen LogP contribution in [0.3, 0.4) is 0 Å². The Bertz CT molecular complexity index is 122. The van der Waals surface area contributed by atoms with Crippen molar-refractivity contribution in [3.05, 3.63) is 0 Å². The van der Waals surface area contributed by atoms with Gasteiger partial charge in [-0.1, -0.05) is 13.8 Å². The molecule has 3 nitrogen and oxygen atoms in total. The Hall–Kier alpha value is -0.860. The van der Waals surface area contributed by atoms with Gasteiger partial charge in [-0.3, -0.25) is 4.79 Å². The third-order valence-electron chi connectivity index (χ3n) is 0.674. The second-order valence-electron chi connectivity index (χ2n) is 3.71. The Labute approximate surface area is 74.1 Å². The molecule has 0 fully saturated rings. The molecule has 0 aromatic heterocycles. The molecule has 0 aliphatic heterocycles. The van der Waals surface area contributed by atoms with Gasteiger partial charge in [0.15, 0.2) is 0 Å². The van der Waals surface area contributed by atoms with Crippen LogP contribution in [0.25, 0.3) is 0 Å². The molecule has 0 aromatic rings. The van der Waals surface area contributed by atoms with Gasteiger partial charge in [-0.15, -0.1) is 0 Å². The topological polar surface area (TPSA) is 43.4 Å². The van der Waals surface area contributed by atoms with E-state index in [0.29, 0.717) is 6.47 Å². The lowest BCUT2D eigenvalue weighted by atomic mass is 10.2. The lowest BCUT2D eigenvalue weighted by Crippen LogP contribution is -2.17. The highest BCUT2D eigenvalue weighted by Crippen LogP contribution is 2.02. The van der Waals surface area contributed by atoms with Crippen LogP contribution in [0.4, 0.5) is 0 Å². The molecule has 0 unspecified atom stereocenters. The van der Waals surface area contributed by atoms with Crippen LogP contribution >= 0.6 is 0 Å². The fourth-order valence-corrected chi connectivity index (χ4v) is 0.144. The molecule has 0 rings (SSSR count). The van der Waals surface area contributed by atoms with Gasteiger partial charge in [-0.2, -0.15) is 0 Å². The standard InChI is InChI=1S/C5H10O2.C4H8O/c1-5(2,3)7-4-6;1-4(2)3-5/h4H,1-3H3;3-4H,1-2H3. The van der Waals surface area contributed by atoms with Crippen molar-refractivity contribution in [2.75, 3.05) is 0 Å². The van der Waals surface area contributed by atoms with Crippen LogP contribution in [0.5, 0.6) is 0 Å². The van der Waals surface area contributed by atoms with Crippen molar-refractivity contribution in [2.24, 2.45) is 5.92 Å². The molecule has 0 amide bonds. The van der Waals surface area contributed by atoms with Gasteiger partial charge < -0.3 is 9.53 Å². The molecular weight excluding hydrogens is 156 g/mol. The third-order valence-corrected chi connectivity index (χ3v) is 0.674. The van der Waals surface area contributed by atoms with Crippen LogP contribution in [0.1, 0.15) is 34.6 Å². The van der Waals surface area contributed by atoms with Crippen molar-refractivity contribution in [3.8, 4) is 0 Å². The number of hydrogen-bond donors (Lipinski definition) is 0. The predicted molar refractivity (Wildman–Crippen MR) is 47.8 cm³/mol. The molecule has 3 heteroatoms. The number of rotatable bonds is 2. The summed E-state index contributed by atoms with van der Waals surface area (Å²) in [6.07, 6.45) is 0.917. The number of hydrogen-bond acceptors (Lipinski definition) is 3. The lowest BCUT2D eigenvalue weighted by molar-refractivity contribution is -0.138. The number of carbonyl (C=O) groups is 2. The Kier molecular flexibility index (Phi) is 7.80. The summed E-state index contributed by atoms with van der Waals surface area (Å²) in [4.78, 5) is 19.1. The predicted octanol–water partition coefficient (Wildman–Crippen LogP) is 1.80. The summed E-state index contributed by atoms with van der Waals surface area (Å²) < 4.78 is 4.55. The second-order valence-corrected chi connectivity index (χ2v) is 3.71. The highest BCUT2D eigenvalue weighted by Gasteiger charge is 2.07. The molecule has 0 heterocycles. The molecule has 0 radical (unpaired) electrons. The van der Waals surface area contributed by atoms with Gasteiger partial charge in [-0.05, 0) is 20.8 Å². The van der Waals surface area contributed by atoms with Crippen molar-refractivity contribution in [1.82, 2.24) is 0 Å². The summed E-state index contributed by atoms with van der Waals surface area (Å²) in [7, 11) is 0. The van der Waals surface area contributed by atoms with E-state index >= 15 is 0 Å². The quantitative estimate of drug-likeness (QED) is 0.599. The van der Waals surface area contributed by atoms with Crippen LogP contribution in [-0.4, -0.2) is 18.4 Å². The Balaban J connectivity index is 0. The highest BCUT2D eigenvalue weighted by molar-refractivity contribution is 5.51. The normalized spacial score (nSPS) is 9.83. The molecule has 72 valence electrons. The SMILES string of the molecule is CC(C)(C)OC=O.CC(C)C=O. The monoisotopic (exact) mass is 174 g/mol. The molecule has 0 atom stereocenters. The fraction of sp³-hybridized carbons (Fsp3) is 0.778. The minimum absolute atomic E-state index is 0.204. The van der Waals surface area contributed by atoms with Gasteiger partial charge in [0.25, 0.3) is 6.47 Å². The summed E-state index contributed by atoms with van der Waals surface area (Å²) in [6.45, 7) is 9.63. The Morgan fingerprint density at radius 2 is 1.50 bits per heavy atom. The second kappa shape index (κ2) is 6.83. The van der Waals surface area contributed by atoms with E-state index in [1.54, 1.807) is 0 Å². The van der Waals surface area contributed by atoms with E-state index < -0.39 is 0 Å². The minimum Gasteiger partial charge on any atom is -0.462 e. The molecule has 0 aliphatic rings. The van der Waals surface area contributed by atoms with Gasteiger partial charge in [0, 0.05) is 5.92 Å². The van der Waals surface area contributed by atoms with Gasteiger partial charge in [0.05, 0.1) is 0 Å². The van der Waals surface area contributed by atoms with E-state index in [2.05, 4.69) is 4.74 Å². The zero-order valence-corrected chi connectivity index (χ0v) is 8.46. The van der Waals surface area contributed by atoms with Gasteiger partial charge in [-0.25, -0.2) is 0 Å². The van der Waals surface area contributed by atoms with Crippen LogP contribution in [0.2, 0.25) is 0 Å². The van der Waals surface area contributed by atoms with Crippen molar-refractivity contribution in [1.29, 1.82) is 0 Å². The van der Waals surface area contributed by atoms with Gasteiger partial charge in [0.1, 0.15) is 11.9 Å². The zero-order valence-electron chi connectivity index (χ0n) is 8.46. The molecule has 12 heavy (non-hydrogen) atoms. The fourth-order valence-electron chi connectivity index (χ4n) is 0.144. The minimum atomic E-state index is -0.318. The van der Waals surface area contributed by atoms with Crippen molar-refractivity contribution >= 4 is 12.8 Å². The van der Waals surface area contributed by atoms with Crippen LogP contribution in [0.15, 0.2) is 0 Å². The average molecular weight is 174 g/mol. The first-order valence-corrected chi connectivity index (χ1v) is 3.90. The molecule has 0 saturated heterocycles. The third kappa shape index (κ3) is 22.9. The maximum Gasteiger partial charge on any atom is 0.293 e. The van der Waals surface area contributed by atoms with Crippen molar-refractivity contribution in [3.63, 3.8) is 0 Å². The highest BCUT2D eigenvalue weighted by atomic mass is 16.5. The Morgan fingerprint density at radius 3 is 1.50 bits per heavy atom. The smallest absolute Gasteiger partial charge is 0.293 e. The molecule has 0 bridgehead atoms. The van der Waals surface area contributed by atoms with Crippen molar-refractivity contribution < 1.29 is 14.3 Å². The first-order valence-electron chi connectivity index (χ1n) is 3.90. The lowest BCUT2D eigenvalue weighted by Gasteiger charge is -2.14. The van der Waals surface area contributed by atoms with E-state index in [-0.39, 0.29) is 11.5 Å². The maximum atomic E-state index is 9.60. The molecule has 0 aliphatic carbocycles.